The Morgan fingerprint density at radius 2 is 1.83 bits per heavy atom. The summed E-state index contributed by atoms with van der Waals surface area (Å²) < 4.78 is 12.2. The highest BCUT2D eigenvalue weighted by Gasteiger charge is 2.09. The van der Waals surface area contributed by atoms with Crippen molar-refractivity contribution in [3.63, 3.8) is 0 Å². The van der Waals surface area contributed by atoms with E-state index >= 15 is 0 Å². The highest BCUT2D eigenvalue weighted by Crippen LogP contribution is 2.36. The fourth-order valence-electron chi connectivity index (χ4n) is 2.10. The highest BCUT2D eigenvalue weighted by molar-refractivity contribution is 9.11. The number of hydrogen-bond donors (Lipinski definition) is 1. The second kappa shape index (κ2) is 8.35. The molecule has 0 unspecified atom stereocenters. The van der Waals surface area contributed by atoms with Gasteiger partial charge in [-0.05, 0) is 80.3 Å². The molecule has 1 amide bonds. The molecular formula is C18H17Br2NO3. The lowest BCUT2D eigenvalue weighted by Crippen LogP contribution is -2.08. The van der Waals surface area contributed by atoms with Crippen molar-refractivity contribution in [1.29, 1.82) is 0 Å². The van der Waals surface area contributed by atoms with Crippen LogP contribution >= 0.6 is 31.9 Å². The monoisotopic (exact) mass is 453 g/mol. The average molecular weight is 455 g/mol. The first-order valence-corrected chi connectivity index (χ1v) is 8.70. The molecule has 2 aromatic rings. The molecule has 4 nitrogen and oxygen atoms in total. The molecule has 0 aliphatic heterocycles. The van der Waals surface area contributed by atoms with Gasteiger partial charge in [-0.25, -0.2) is 0 Å². The first-order chi connectivity index (χ1) is 11.4. The standard InChI is InChI=1S/C18H17Br2NO3/c1-11-4-6-15(13(19)8-11)21-17(22)7-5-12-9-14(20)18(24-3)16(10-12)23-2/h4-10H,1-3H3,(H,21,22)/b7-5+. The molecule has 0 saturated heterocycles. The Morgan fingerprint density at radius 3 is 2.46 bits per heavy atom. The Labute approximate surface area is 158 Å². The zero-order valence-corrected chi connectivity index (χ0v) is 16.7. The number of amides is 1. The summed E-state index contributed by atoms with van der Waals surface area (Å²) in [4.78, 5) is 12.1. The van der Waals surface area contributed by atoms with Crippen molar-refractivity contribution < 1.29 is 14.3 Å². The van der Waals surface area contributed by atoms with E-state index in [0.29, 0.717) is 11.5 Å². The Bertz CT molecular complexity index is 788. The summed E-state index contributed by atoms with van der Waals surface area (Å²) in [5, 5.41) is 2.83. The third-order valence-corrected chi connectivity index (χ3v) is 4.51. The van der Waals surface area contributed by atoms with E-state index in [9.17, 15) is 4.79 Å². The van der Waals surface area contributed by atoms with E-state index in [-0.39, 0.29) is 5.91 Å². The van der Waals surface area contributed by atoms with E-state index in [2.05, 4.69) is 37.2 Å². The molecule has 0 heterocycles. The zero-order valence-electron chi connectivity index (χ0n) is 13.5. The minimum Gasteiger partial charge on any atom is -0.493 e. The minimum absolute atomic E-state index is 0.217. The molecule has 0 aliphatic rings. The predicted molar refractivity (Wildman–Crippen MR) is 104 cm³/mol. The van der Waals surface area contributed by atoms with Crippen molar-refractivity contribution in [2.45, 2.75) is 6.92 Å². The van der Waals surface area contributed by atoms with Crippen LogP contribution in [-0.2, 0) is 4.79 Å². The van der Waals surface area contributed by atoms with E-state index in [1.807, 2.05) is 31.2 Å². The second-order valence-electron chi connectivity index (χ2n) is 5.04. The van der Waals surface area contributed by atoms with Crippen LogP contribution in [0, 0.1) is 6.92 Å². The molecule has 0 saturated carbocycles. The summed E-state index contributed by atoms with van der Waals surface area (Å²) in [6.45, 7) is 1.99. The van der Waals surface area contributed by atoms with E-state index in [1.54, 1.807) is 26.4 Å². The van der Waals surface area contributed by atoms with Crippen LogP contribution in [0.3, 0.4) is 0 Å². The molecule has 24 heavy (non-hydrogen) atoms. The van der Waals surface area contributed by atoms with E-state index in [4.69, 9.17) is 9.47 Å². The summed E-state index contributed by atoms with van der Waals surface area (Å²) in [7, 11) is 3.14. The van der Waals surface area contributed by atoms with Gasteiger partial charge in [-0.15, -0.1) is 0 Å². The van der Waals surface area contributed by atoms with Crippen LogP contribution in [0.4, 0.5) is 5.69 Å². The van der Waals surface area contributed by atoms with Gasteiger partial charge in [-0.1, -0.05) is 6.07 Å². The fourth-order valence-corrected chi connectivity index (χ4v) is 3.32. The lowest BCUT2D eigenvalue weighted by Gasteiger charge is -2.10. The van der Waals surface area contributed by atoms with Gasteiger partial charge >= 0.3 is 0 Å². The summed E-state index contributed by atoms with van der Waals surface area (Å²) >= 11 is 6.87. The first kappa shape index (κ1) is 18.5. The molecular weight excluding hydrogens is 438 g/mol. The molecule has 2 rings (SSSR count). The Kier molecular flexibility index (Phi) is 6.45. The molecule has 0 spiro atoms. The number of hydrogen-bond acceptors (Lipinski definition) is 3. The third kappa shape index (κ3) is 4.61. The van der Waals surface area contributed by atoms with Crippen molar-refractivity contribution >= 4 is 49.5 Å². The van der Waals surface area contributed by atoms with Crippen LogP contribution in [-0.4, -0.2) is 20.1 Å². The number of rotatable bonds is 5. The lowest BCUT2D eigenvalue weighted by atomic mass is 10.2. The zero-order chi connectivity index (χ0) is 17.7. The summed E-state index contributed by atoms with van der Waals surface area (Å²) in [5.41, 5.74) is 2.66. The molecule has 6 heteroatoms. The largest absolute Gasteiger partial charge is 0.493 e. The maximum atomic E-state index is 12.1. The maximum absolute atomic E-state index is 12.1. The molecule has 126 valence electrons. The van der Waals surface area contributed by atoms with Crippen molar-refractivity contribution in [2.75, 3.05) is 19.5 Å². The molecule has 0 aliphatic carbocycles. The number of halogens is 2. The predicted octanol–water partition coefficient (Wildman–Crippen LogP) is 5.19. The van der Waals surface area contributed by atoms with E-state index in [1.165, 1.54) is 6.08 Å². The van der Waals surface area contributed by atoms with Crippen molar-refractivity contribution in [3.8, 4) is 11.5 Å². The molecule has 0 aromatic heterocycles. The number of anilines is 1. The van der Waals surface area contributed by atoms with Crippen LogP contribution in [0.2, 0.25) is 0 Å². The van der Waals surface area contributed by atoms with Gasteiger partial charge < -0.3 is 14.8 Å². The smallest absolute Gasteiger partial charge is 0.248 e. The van der Waals surface area contributed by atoms with Gasteiger partial charge in [0, 0.05) is 10.5 Å². The number of ether oxygens (including phenoxy) is 2. The van der Waals surface area contributed by atoms with Gasteiger partial charge in [0.1, 0.15) is 0 Å². The number of aryl methyl sites for hydroxylation is 1. The third-order valence-electron chi connectivity index (χ3n) is 3.27. The van der Waals surface area contributed by atoms with Crippen LogP contribution < -0.4 is 14.8 Å². The van der Waals surface area contributed by atoms with Crippen LogP contribution in [0.1, 0.15) is 11.1 Å². The number of benzene rings is 2. The summed E-state index contributed by atoms with van der Waals surface area (Å²) in [6.07, 6.45) is 3.18. The lowest BCUT2D eigenvalue weighted by molar-refractivity contribution is -0.111. The molecule has 0 bridgehead atoms. The molecule has 1 N–H and O–H groups in total. The normalized spacial score (nSPS) is 10.7. The molecule has 0 fully saturated rings. The van der Waals surface area contributed by atoms with E-state index in [0.717, 1.165) is 25.8 Å². The highest BCUT2D eigenvalue weighted by atomic mass is 79.9. The molecule has 0 atom stereocenters. The fraction of sp³-hybridized carbons (Fsp3) is 0.167. The van der Waals surface area contributed by atoms with Gasteiger partial charge in [0.2, 0.25) is 5.91 Å². The number of methoxy groups -OCH3 is 2. The summed E-state index contributed by atoms with van der Waals surface area (Å²) in [5.74, 6) is 0.987. The van der Waals surface area contributed by atoms with Gasteiger partial charge in [-0.3, -0.25) is 4.79 Å². The Morgan fingerprint density at radius 1 is 1.08 bits per heavy atom. The summed E-state index contributed by atoms with van der Waals surface area (Å²) in [6, 6.07) is 9.40. The topological polar surface area (TPSA) is 47.6 Å². The second-order valence-corrected chi connectivity index (χ2v) is 6.75. The molecule has 2 aromatic carbocycles. The molecule has 0 radical (unpaired) electrons. The van der Waals surface area contributed by atoms with Crippen molar-refractivity contribution in [3.05, 3.63) is 56.5 Å². The first-order valence-electron chi connectivity index (χ1n) is 7.11. The minimum atomic E-state index is -0.217. The van der Waals surface area contributed by atoms with Gasteiger partial charge in [0.05, 0.1) is 24.4 Å². The van der Waals surface area contributed by atoms with Gasteiger partial charge in [-0.2, -0.15) is 0 Å². The Balaban J connectivity index is 2.15. The Hall–Kier alpha value is -1.79. The number of carbonyl (C=O) groups is 1. The van der Waals surface area contributed by atoms with Crippen LogP contribution in [0.25, 0.3) is 6.08 Å². The van der Waals surface area contributed by atoms with Crippen molar-refractivity contribution in [1.82, 2.24) is 0 Å². The average Bonchev–Trinajstić information content (AvgIpc) is 2.55. The van der Waals surface area contributed by atoms with E-state index < -0.39 is 0 Å². The van der Waals surface area contributed by atoms with Crippen LogP contribution in [0.15, 0.2) is 45.4 Å². The van der Waals surface area contributed by atoms with Crippen molar-refractivity contribution in [2.24, 2.45) is 0 Å². The number of nitrogens with one attached hydrogen (secondary N) is 1. The quantitative estimate of drug-likeness (QED) is 0.632. The van der Waals surface area contributed by atoms with Gasteiger partial charge in [0.25, 0.3) is 0 Å². The van der Waals surface area contributed by atoms with Gasteiger partial charge in [0.15, 0.2) is 11.5 Å². The van der Waals surface area contributed by atoms with Crippen LogP contribution in [0.5, 0.6) is 11.5 Å². The SMILES string of the molecule is COc1cc(/C=C/C(=O)Nc2ccc(C)cc2Br)cc(Br)c1OC. The number of carbonyl (C=O) groups excluding carboxylic acids is 1. The maximum Gasteiger partial charge on any atom is 0.248 e.